The third-order valence-electron chi connectivity index (χ3n) is 2.33. The molecular formula is C10H18N6O3. The van der Waals surface area contributed by atoms with Crippen molar-refractivity contribution < 1.29 is 14.7 Å². The predicted octanol–water partition coefficient (Wildman–Crippen LogP) is 0.317. The molecule has 0 bridgehead atoms. The van der Waals surface area contributed by atoms with Gasteiger partial charge in [-0.15, -0.1) is 5.10 Å². The highest BCUT2D eigenvalue weighted by atomic mass is 16.4. The number of carboxylic acids is 1. The molecule has 1 rings (SSSR count). The molecule has 0 radical (unpaired) electrons. The number of nitrogens with one attached hydrogen (secondary N) is 1. The van der Waals surface area contributed by atoms with E-state index in [0.717, 1.165) is 0 Å². The molecule has 0 spiro atoms. The largest absolute Gasteiger partial charge is 0.481 e. The molecule has 1 aromatic rings. The van der Waals surface area contributed by atoms with Crippen LogP contribution in [0.5, 0.6) is 0 Å². The fraction of sp³-hybridized carbons (Fsp3) is 0.700. The molecule has 9 nitrogen and oxygen atoms in total. The number of carboxylic acid groups (broad SMARTS) is 1. The Morgan fingerprint density at radius 2 is 2.05 bits per heavy atom. The first-order valence-electron chi connectivity index (χ1n) is 5.74. The number of anilines is 1. The number of aliphatic carboxylic acids is 1. The van der Waals surface area contributed by atoms with Gasteiger partial charge in [-0.25, -0.2) is 4.79 Å². The molecule has 19 heavy (non-hydrogen) atoms. The van der Waals surface area contributed by atoms with Crippen molar-refractivity contribution in [3.63, 3.8) is 0 Å². The maximum absolute atomic E-state index is 12.1. The Labute approximate surface area is 110 Å². The highest BCUT2D eigenvalue weighted by molar-refractivity contribution is 5.88. The summed E-state index contributed by atoms with van der Waals surface area (Å²) in [5, 5.41) is 22.3. The standard InChI is InChI=1S/C10H18N6O3/c1-10(2,3)16(6-5-7(17)18)9(19)11-8-12-14-15(4)13-8/h5-6H2,1-4H3,(H,17,18)(H,11,13,19). The third kappa shape index (κ3) is 4.53. The molecule has 2 amide bonds. The summed E-state index contributed by atoms with van der Waals surface area (Å²) in [5.74, 6) is -0.878. The summed E-state index contributed by atoms with van der Waals surface area (Å²) in [5.41, 5.74) is -0.512. The normalized spacial score (nSPS) is 11.2. The number of nitrogens with zero attached hydrogens (tertiary/aromatic N) is 5. The summed E-state index contributed by atoms with van der Waals surface area (Å²) >= 11 is 0. The van der Waals surface area contributed by atoms with Crippen molar-refractivity contribution in [1.29, 1.82) is 0 Å². The monoisotopic (exact) mass is 270 g/mol. The molecular weight excluding hydrogens is 252 g/mol. The minimum absolute atomic E-state index is 0.0806. The van der Waals surface area contributed by atoms with Crippen molar-refractivity contribution in [2.75, 3.05) is 11.9 Å². The summed E-state index contributed by atoms with van der Waals surface area (Å²) in [4.78, 5) is 25.3. The molecule has 0 atom stereocenters. The summed E-state index contributed by atoms with van der Waals surface area (Å²) in [6.45, 7) is 5.56. The molecule has 0 aromatic carbocycles. The van der Waals surface area contributed by atoms with E-state index in [-0.39, 0.29) is 18.9 Å². The maximum atomic E-state index is 12.1. The highest BCUT2D eigenvalue weighted by Crippen LogP contribution is 2.15. The third-order valence-corrected chi connectivity index (χ3v) is 2.33. The van der Waals surface area contributed by atoms with E-state index >= 15 is 0 Å². The van der Waals surface area contributed by atoms with Crippen LogP contribution < -0.4 is 5.32 Å². The van der Waals surface area contributed by atoms with Gasteiger partial charge >= 0.3 is 12.0 Å². The van der Waals surface area contributed by atoms with Gasteiger partial charge in [0.1, 0.15) is 0 Å². The molecule has 0 unspecified atom stereocenters. The Balaban J connectivity index is 2.74. The summed E-state index contributed by atoms with van der Waals surface area (Å²) in [7, 11) is 1.58. The molecule has 0 saturated heterocycles. The molecule has 0 aliphatic rings. The fourth-order valence-corrected chi connectivity index (χ4v) is 1.45. The Bertz CT molecular complexity index is 464. The van der Waals surface area contributed by atoms with Gasteiger partial charge in [0.15, 0.2) is 0 Å². The van der Waals surface area contributed by atoms with Crippen LogP contribution in [0.1, 0.15) is 27.2 Å². The predicted molar refractivity (Wildman–Crippen MR) is 66.5 cm³/mol. The number of hydrogen-bond acceptors (Lipinski definition) is 5. The van der Waals surface area contributed by atoms with E-state index in [4.69, 9.17) is 5.11 Å². The van der Waals surface area contributed by atoms with E-state index in [1.165, 1.54) is 9.70 Å². The van der Waals surface area contributed by atoms with Crippen molar-refractivity contribution in [3.05, 3.63) is 0 Å². The number of carbonyl (C=O) groups excluding carboxylic acids is 1. The molecule has 2 N–H and O–H groups in total. The van der Waals surface area contributed by atoms with Crippen LogP contribution >= 0.6 is 0 Å². The molecule has 0 aliphatic carbocycles. The summed E-state index contributed by atoms with van der Waals surface area (Å²) in [6, 6.07) is -0.457. The number of tetrazole rings is 1. The molecule has 0 aliphatic heterocycles. The van der Waals surface area contributed by atoms with Gasteiger partial charge in [0.05, 0.1) is 13.5 Å². The minimum Gasteiger partial charge on any atom is -0.481 e. The molecule has 1 aromatic heterocycles. The topological polar surface area (TPSA) is 113 Å². The zero-order valence-electron chi connectivity index (χ0n) is 11.4. The average Bonchev–Trinajstić information content (AvgIpc) is 2.61. The lowest BCUT2D eigenvalue weighted by atomic mass is 10.1. The van der Waals surface area contributed by atoms with Gasteiger partial charge in [0, 0.05) is 12.1 Å². The van der Waals surface area contributed by atoms with Gasteiger partial charge in [-0.2, -0.15) is 4.80 Å². The van der Waals surface area contributed by atoms with Crippen molar-refractivity contribution in [2.24, 2.45) is 7.05 Å². The van der Waals surface area contributed by atoms with Crippen molar-refractivity contribution in [3.8, 4) is 0 Å². The summed E-state index contributed by atoms with van der Waals surface area (Å²) in [6.07, 6.45) is -0.126. The molecule has 106 valence electrons. The van der Waals surface area contributed by atoms with Crippen molar-refractivity contribution in [2.45, 2.75) is 32.7 Å². The number of amides is 2. The second kappa shape index (κ2) is 5.63. The first-order chi connectivity index (χ1) is 8.70. The van der Waals surface area contributed by atoms with E-state index in [2.05, 4.69) is 20.7 Å². The number of rotatable bonds is 4. The van der Waals surface area contributed by atoms with Crippen LogP contribution in [0.2, 0.25) is 0 Å². The van der Waals surface area contributed by atoms with E-state index in [0.29, 0.717) is 0 Å². The van der Waals surface area contributed by atoms with E-state index in [1.807, 2.05) is 20.8 Å². The van der Waals surface area contributed by atoms with Crippen molar-refractivity contribution >= 4 is 17.9 Å². The quantitative estimate of drug-likeness (QED) is 0.814. The molecule has 0 fully saturated rings. The van der Waals surface area contributed by atoms with E-state index in [9.17, 15) is 9.59 Å². The van der Waals surface area contributed by atoms with Gasteiger partial charge in [-0.05, 0) is 26.0 Å². The molecule has 0 saturated carbocycles. The Kier molecular flexibility index (Phi) is 4.41. The number of aromatic nitrogens is 4. The summed E-state index contributed by atoms with van der Waals surface area (Å²) < 4.78 is 0. The highest BCUT2D eigenvalue weighted by Gasteiger charge is 2.27. The van der Waals surface area contributed by atoms with E-state index in [1.54, 1.807) is 7.05 Å². The van der Waals surface area contributed by atoms with Crippen LogP contribution in [0, 0.1) is 0 Å². The average molecular weight is 270 g/mol. The fourth-order valence-electron chi connectivity index (χ4n) is 1.45. The second-order valence-electron chi connectivity index (χ2n) is 5.00. The first-order valence-corrected chi connectivity index (χ1v) is 5.74. The zero-order valence-corrected chi connectivity index (χ0v) is 11.4. The van der Waals surface area contributed by atoms with Gasteiger partial charge in [0.2, 0.25) is 0 Å². The van der Waals surface area contributed by atoms with Crippen LogP contribution in [0.15, 0.2) is 0 Å². The lowest BCUT2D eigenvalue weighted by Crippen LogP contribution is -2.48. The number of hydrogen-bond donors (Lipinski definition) is 2. The lowest BCUT2D eigenvalue weighted by molar-refractivity contribution is -0.137. The molecule has 1 heterocycles. The Morgan fingerprint density at radius 1 is 1.42 bits per heavy atom. The lowest BCUT2D eigenvalue weighted by Gasteiger charge is -2.34. The Morgan fingerprint density at radius 3 is 2.47 bits per heavy atom. The first kappa shape index (κ1) is 14.9. The van der Waals surface area contributed by atoms with Crippen molar-refractivity contribution in [1.82, 2.24) is 25.1 Å². The Hall–Kier alpha value is -2.19. The van der Waals surface area contributed by atoms with Crippen LogP contribution in [-0.2, 0) is 11.8 Å². The maximum Gasteiger partial charge on any atom is 0.324 e. The SMILES string of the molecule is Cn1nnc(NC(=O)N(CCC(=O)O)C(C)(C)C)n1. The second-order valence-corrected chi connectivity index (χ2v) is 5.00. The van der Waals surface area contributed by atoms with Gasteiger partial charge in [-0.1, -0.05) is 5.10 Å². The van der Waals surface area contributed by atoms with Crippen LogP contribution in [0.4, 0.5) is 10.7 Å². The number of aryl methyl sites for hydroxylation is 1. The zero-order chi connectivity index (χ0) is 14.6. The van der Waals surface area contributed by atoms with Crippen LogP contribution in [-0.4, -0.2) is 54.3 Å². The van der Waals surface area contributed by atoms with Gasteiger partial charge < -0.3 is 10.0 Å². The number of urea groups is 1. The van der Waals surface area contributed by atoms with E-state index < -0.39 is 17.5 Å². The van der Waals surface area contributed by atoms with Gasteiger partial charge in [-0.3, -0.25) is 10.1 Å². The van der Waals surface area contributed by atoms with Crippen LogP contribution in [0.25, 0.3) is 0 Å². The smallest absolute Gasteiger partial charge is 0.324 e. The number of carbonyl (C=O) groups is 2. The van der Waals surface area contributed by atoms with Crippen LogP contribution in [0.3, 0.4) is 0 Å². The molecule has 9 heteroatoms. The van der Waals surface area contributed by atoms with Gasteiger partial charge in [0.25, 0.3) is 5.95 Å². The minimum atomic E-state index is -0.959.